The zero-order valence-corrected chi connectivity index (χ0v) is 8.66. The summed E-state index contributed by atoms with van der Waals surface area (Å²) >= 11 is 0. The van der Waals surface area contributed by atoms with Gasteiger partial charge in [-0.2, -0.15) is 5.10 Å². The SMILES string of the molecule is CN1CCC[C@@H]2Cc3[nH]ncc3C[C@H]21. The standard InChI is InChI=1S/C11H17N3/c1-14-4-2-3-8-5-10-9(6-11(8)14)7-12-13-10/h7-8,11H,2-6H2,1H3,(H,12,13)/t8-,11-/m1/s1. The van der Waals surface area contributed by atoms with Crippen LogP contribution in [-0.4, -0.2) is 34.7 Å². The number of H-pyrrole nitrogens is 1. The number of piperidine rings is 1. The van der Waals surface area contributed by atoms with Gasteiger partial charge >= 0.3 is 0 Å². The number of nitrogens with one attached hydrogen (secondary N) is 1. The van der Waals surface area contributed by atoms with Crippen molar-refractivity contribution in [2.45, 2.75) is 31.7 Å². The van der Waals surface area contributed by atoms with E-state index in [1.54, 1.807) is 0 Å². The molecule has 76 valence electrons. The van der Waals surface area contributed by atoms with Crippen molar-refractivity contribution < 1.29 is 0 Å². The highest BCUT2D eigenvalue weighted by atomic mass is 15.2. The van der Waals surface area contributed by atoms with Gasteiger partial charge in [-0.15, -0.1) is 0 Å². The molecule has 0 spiro atoms. The number of likely N-dealkylation sites (N-methyl/N-ethyl adjacent to an activating group) is 1. The number of hydrogen-bond donors (Lipinski definition) is 1. The Kier molecular flexibility index (Phi) is 1.87. The molecule has 0 amide bonds. The molecule has 0 bridgehead atoms. The molecular weight excluding hydrogens is 174 g/mol. The van der Waals surface area contributed by atoms with Gasteiger partial charge in [0.2, 0.25) is 0 Å². The lowest BCUT2D eigenvalue weighted by molar-refractivity contribution is 0.112. The molecule has 1 aliphatic heterocycles. The number of aromatic nitrogens is 2. The van der Waals surface area contributed by atoms with Crippen molar-refractivity contribution in [2.24, 2.45) is 5.92 Å². The largest absolute Gasteiger partial charge is 0.303 e. The summed E-state index contributed by atoms with van der Waals surface area (Å²) in [5.41, 5.74) is 2.83. The van der Waals surface area contributed by atoms with Crippen molar-refractivity contribution >= 4 is 0 Å². The van der Waals surface area contributed by atoms with Gasteiger partial charge in [0.05, 0.1) is 6.20 Å². The Morgan fingerprint density at radius 3 is 3.36 bits per heavy atom. The minimum absolute atomic E-state index is 0.772. The second-order valence-electron chi connectivity index (χ2n) is 4.73. The lowest BCUT2D eigenvalue weighted by atomic mass is 9.78. The van der Waals surface area contributed by atoms with Gasteiger partial charge in [-0.05, 0) is 50.8 Å². The number of nitrogens with zero attached hydrogens (tertiary/aromatic N) is 2. The van der Waals surface area contributed by atoms with Crippen LogP contribution in [0.1, 0.15) is 24.1 Å². The summed E-state index contributed by atoms with van der Waals surface area (Å²) < 4.78 is 0. The fourth-order valence-electron chi connectivity index (χ4n) is 3.06. The smallest absolute Gasteiger partial charge is 0.0522 e. The van der Waals surface area contributed by atoms with E-state index in [1.807, 2.05) is 6.20 Å². The van der Waals surface area contributed by atoms with Crippen molar-refractivity contribution in [2.75, 3.05) is 13.6 Å². The minimum Gasteiger partial charge on any atom is -0.303 e. The summed E-state index contributed by atoms with van der Waals surface area (Å²) in [7, 11) is 2.27. The highest BCUT2D eigenvalue weighted by Gasteiger charge is 2.34. The summed E-state index contributed by atoms with van der Waals surface area (Å²) in [5.74, 6) is 0.863. The van der Waals surface area contributed by atoms with E-state index in [4.69, 9.17) is 0 Å². The molecule has 1 aromatic rings. The molecule has 0 unspecified atom stereocenters. The molecule has 2 atom stereocenters. The summed E-state index contributed by atoms with van der Waals surface area (Å²) in [6, 6.07) is 0.772. The van der Waals surface area contributed by atoms with Crippen LogP contribution in [0.3, 0.4) is 0 Å². The molecule has 0 radical (unpaired) electrons. The fourth-order valence-corrected chi connectivity index (χ4v) is 3.06. The van der Waals surface area contributed by atoms with Crippen LogP contribution in [-0.2, 0) is 12.8 Å². The van der Waals surface area contributed by atoms with E-state index in [0.717, 1.165) is 12.0 Å². The third kappa shape index (κ3) is 1.19. The maximum atomic E-state index is 4.14. The Morgan fingerprint density at radius 2 is 2.43 bits per heavy atom. The Labute approximate surface area is 84.5 Å². The van der Waals surface area contributed by atoms with Gasteiger partial charge < -0.3 is 4.90 Å². The average Bonchev–Trinajstić information content (AvgIpc) is 2.62. The van der Waals surface area contributed by atoms with E-state index in [9.17, 15) is 0 Å². The van der Waals surface area contributed by atoms with Crippen molar-refractivity contribution in [1.82, 2.24) is 15.1 Å². The number of rotatable bonds is 0. The minimum atomic E-state index is 0.772. The van der Waals surface area contributed by atoms with Crippen LogP contribution >= 0.6 is 0 Å². The lowest BCUT2D eigenvalue weighted by Crippen LogP contribution is -2.46. The Morgan fingerprint density at radius 1 is 1.50 bits per heavy atom. The average molecular weight is 191 g/mol. The number of hydrogen-bond acceptors (Lipinski definition) is 2. The first-order valence-corrected chi connectivity index (χ1v) is 5.56. The van der Waals surface area contributed by atoms with E-state index < -0.39 is 0 Å². The van der Waals surface area contributed by atoms with Gasteiger partial charge in [0.25, 0.3) is 0 Å². The van der Waals surface area contributed by atoms with Crippen molar-refractivity contribution in [3.05, 3.63) is 17.5 Å². The van der Waals surface area contributed by atoms with Crippen molar-refractivity contribution in [3.63, 3.8) is 0 Å². The molecule has 3 heteroatoms. The third-order valence-electron chi connectivity index (χ3n) is 3.90. The zero-order valence-electron chi connectivity index (χ0n) is 8.66. The zero-order chi connectivity index (χ0) is 9.54. The topological polar surface area (TPSA) is 31.9 Å². The summed E-state index contributed by atoms with van der Waals surface area (Å²) in [5, 5.41) is 7.28. The molecule has 2 heterocycles. The van der Waals surface area contributed by atoms with Crippen LogP contribution < -0.4 is 0 Å². The highest BCUT2D eigenvalue weighted by Crippen LogP contribution is 2.33. The maximum Gasteiger partial charge on any atom is 0.0522 e. The van der Waals surface area contributed by atoms with Gasteiger partial charge in [0.1, 0.15) is 0 Å². The second kappa shape index (κ2) is 3.09. The van der Waals surface area contributed by atoms with E-state index in [2.05, 4.69) is 22.1 Å². The first-order chi connectivity index (χ1) is 6.84. The predicted molar refractivity (Wildman–Crippen MR) is 55.1 cm³/mol. The third-order valence-corrected chi connectivity index (χ3v) is 3.90. The molecule has 1 aliphatic carbocycles. The molecule has 3 rings (SSSR count). The van der Waals surface area contributed by atoms with Crippen molar-refractivity contribution in [3.8, 4) is 0 Å². The molecule has 3 nitrogen and oxygen atoms in total. The quantitative estimate of drug-likeness (QED) is 0.668. The summed E-state index contributed by atoms with van der Waals surface area (Å²) in [4.78, 5) is 2.53. The summed E-state index contributed by atoms with van der Waals surface area (Å²) in [6.07, 6.45) is 7.18. The molecule has 1 aromatic heterocycles. The van der Waals surface area contributed by atoms with Crippen LogP contribution in [0.5, 0.6) is 0 Å². The lowest BCUT2D eigenvalue weighted by Gasteiger charge is -2.41. The molecule has 0 saturated carbocycles. The van der Waals surface area contributed by atoms with E-state index >= 15 is 0 Å². The van der Waals surface area contributed by atoms with E-state index in [-0.39, 0.29) is 0 Å². The molecule has 0 aromatic carbocycles. The van der Waals surface area contributed by atoms with E-state index in [0.29, 0.717) is 0 Å². The summed E-state index contributed by atoms with van der Waals surface area (Å²) in [6.45, 7) is 1.27. The first-order valence-electron chi connectivity index (χ1n) is 5.56. The number of likely N-dealkylation sites (tertiary alicyclic amines) is 1. The van der Waals surface area contributed by atoms with Crippen LogP contribution in [0, 0.1) is 5.92 Å². The van der Waals surface area contributed by atoms with Crippen LogP contribution in [0.25, 0.3) is 0 Å². The van der Waals surface area contributed by atoms with Gasteiger partial charge in [-0.25, -0.2) is 0 Å². The highest BCUT2D eigenvalue weighted by molar-refractivity contribution is 5.22. The molecule has 14 heavy (non-hydrogen) atoms. The number of aromatic amines is 1. The van der Waals surface area contributed by atoms with Crippen LogP contribution in [0.4, 0.5) is 0 Å². The molecular formula is C11H17N3. The van der Waals surface area contributed by atoms with Gasteiger partial charge in [0, 0.05) is 11.7 Å². The fraction of sp³-hybridized carbons (Fsp3) is 0.727. The van der Waals surface area contributed by atoms with Crippen molar-refractivity contribution in [1.29, 1.82) is 0 Å². The Balaban J connectivity index is 1.90. The maximum absolute atomic E-state index is 4.14. The second-order valence-corrected chi connectivity index (χ2v) is 4.73. The van der Waals surface area contributed by atoms with E-state index in [1.165, 1.54) is 43.5 Å². The van der Waals surface area contributed by atoms with Crippen LogP contribution in [0.15, 0.2) is 6.20 Å². The molecule has 2 aliphatic rings. The van der Waals surface area contributed by atoms with Gasteiger partial charge in [-0.3, -0.25) is 5.10 Å². The van der Waals surface area contributed by atoms with Crippen LogP contribution in [0.2, 0.25) is 0 Å². The predicted octanol–water partition coefficient (Wildman–Crippen LogP) is 1.22. The molecule has 1 N–H and O–H groups in total. The number of fused-ring (bicyclic) bond motifs is 2. The molecule has 1 fully saturated rings. The Hall–Kier alpha value is -0.830. The van der Waals surface area contributed by atoms with Gasteiger partial charge in [0.15, 0.2) is 0 Å². The molecule has 1 saturated heterocycles. The Bertz CT molecular complexity index is 331. The normalized spacial score (nSPS) is 32.4. The monoisotopic (exact) mass is 191 g/mol. The van der Waals surface area contributed by atoms with Gasteiger partial charge in [-0.1, -0.05) is 0 Å². The first kappa shape index (κ1) is 8.48.